The summed E-state index contributed by atoms with van der Waals surface area (Å²) >= 11 is 5.51. The van der Waals surface area contributed by atoms with Crippen LogP contribution in [0.2, 0.25) is 0 Å². The standard InChI is InChI=1S/C19H16ClNO9S3/c20-6-7-31(23,24)14-3-1-2-12(8-14)19(22)21-18-11-16(33(28,29)30)10-13-9-15(32(25,26)27)4-5-17(13)18/h1-5,8-11H,6-7H2,(H,21,22)(H,25,26,27)(H,28,29,30). The molecule has 0 spiro atoms. The van der Waals surface area contributed by atoms with Gasteiger partial charge >= 0.3 is 0 Å². The van der Waals surface area contributed by atoms with Crippen LogP contribution in [0.3, 0.4) is 0 Å². The van der Waals surface area contributed by atoms with E-state index in [1.54, 1.807) is 0 Å². The Bertz CT molecular complexity index is 1580. The molecule has 3 rings (SSSR count). The quantitative estimate of drug-likeness (QED) is 0.305. The number of fused-ring (bicyclic) bond motifs is 1. The molecule has 0 saturated heterocycles. The van der Waals surface area contributed by atoms with Crippen molar-refractivity contribution in [2.45, 2.75) is 14.7 Å². The Morgan fingerprint density at radius 1 is 0.818 bits per heavy atom. The molecule has 3 aromatic rings. The molecule has 0 aliphatic heterocycles. The lowest BCUT2D eigenvalue weighted by molar-refractivity contribution is 0.102. The Labute approximate surface area is 194 Å². The first-order valence-electron chi connectivity index (χ1n) is 8.95. The van der Waals surface area contributed by atoms with Crippen LogP contribution in [0.25, 0.3) is 10.8 Å². The molecule has 0 aromatic heterocycles. The summed E-state index contributed by atoms with van der Waals surface area (Å²) in [7, 11) is -13.1. The summed E-state index contributed by atoms with van der Waals surface area (Å²) in [6, 6.07) is 10.3. The fourth-order valence-corrected chi connectivity index (χ4v) is 5.68. The van der Waals surface area contributed by atoms with E-state index in [-0.39, 0.29) is 38.6 Å². The van der Waals surface area contributed by atoms with Crippen LogP contribution >= 0.6 is 11.6 Å². The van der Waals surface area contributed by atoms with Crippen molar-refractivity contribution in [3.05, 3.63) is 60.2 Å². The summed E-state index contributed by atoms with van der Waals surface area (Å²) in [5, 5.41) is 2.60. The van der Waals surface area contributed by atoms with Crippen molar-refractivity contribution < 1.29 is 39.2 Å². The van der Waals surface area contributed by atoms with E-state index < -0.39 is 45.8 Å². The molecule has 33 heavy (non-hydrogen) atoms. The number of amides is 1. The first kappa shape index (κ1) is 25.1. The second kappa shape index (κ2) is 9.00. The molecule has 0 aliphatic rings. The fraction of sp³-hybridized carbons (Fsp3) is 0.105. The lowest BCUT2D eigenvalue weighted by atomic mass is 10.1. The van der Waals surface area contributed by atoms with Gasteiger partial charge in [0.1, 0.15) is 0 Å². The van der Waals surface area contributed by atoms with E-state index in [0.717, 1.165) is 30.3 Å². The van der Waals surface area contributed by atoms with Crippen molar-refractivity contribution in [2.75, 3.05) is 16.9 Å². The van der Waals surface area contributed by atoms with Gasteiger partial charge in [-0.3, -0.25) is 13.9 Å². The number of halogens is 1. The second-order valence-electron chi connectivity index (χ2n) is 6.79. The van der Waals surface area contributed by atoms with Gasteiger partial charge in [-0.05, 0) is 47.9 Å². The van der Waals surface area contributed by atoms with Crippen LogP contribution in [-0.4, -0.2) is 51.9 Å². The van der Waals surface area contributed by atoms with E-state index in [9.17, 15) is 39.2 Å². The predicted octanol–water partition coefficient (Wildman–Crippen LogP) is 2.60. The van der Waals surface area contributed by atoms with Crippen molar-refractivity contribution in [1.29, 1.82) is 0 Å². The van der Waals surface area contributed by atoms with Gasteiger partial charge in [0.05, 0.1) is 26.1 Å². The maximum Gasteiger partial charge on any atom is 0.294 e. The van der Waals surface area contributed by atoms with Crippen molar-refractivity contribution >= 4 is 64.0 Å². The Balaban J connectivity index is 2.11. The Hall–Kier alpha value is -2.55. The summed E-state index contributed by atoms with van der Waals surface area (Å²) in [5.41, 5.74) is -0.174. The lowest BCUT2D eigenvalue weighted by Crippen LogP contribution is -2.15. The third-order valence-corrected chi connectivity index (χ3v) is 8.35. The first-order chi connectivity index (χ1) is 15.2. The number of hydrogen-bond donors (Lipinski definition) is 3. The molecular weight excluding hydrogens is 518 g/mol. The topological polar surface area (TPSA) is 172 Å². The molecule has 0 fully saturated rings. The molecule has 0 aliphatic carbocycles. The van der Waals surface area contributed by atoms with Gasteiger partial charge in [0.15, 0.2) is 9.84 Å². The molecule has 3 aromatic carbocycles. The normalized spacial score (nSPS) is 12.6. The zero-order valence-electron chi connectivity index (χ0n) is 16.5. The Morgan fingerprint density at radius 3 is 2.06 bits per heavy atom. The Kier molecular flexibility index (Phi) is 6.84. The number of benzene rings is 3. The molecule has 0 saturated carbocycles. The maximum atomic E-state index is 12.8. The highest BCUT2D eigenvalue weighted by atomic mass is 35.5. The maximum absolute atomic E-state index is 12.8. The van der Waals surface area contributed by atoms with Gasteiger partial charge in [0.2, 0.25) is 0 Å². The molecular formula is C19H16ClNO9S3. The van der Waals surface area contributed by atoms with Gasteiger partial charge in [0.25, 0.3) is 26.1 Å². The van der Waals surface area contributed by atoms with Crippen molar-refractivity contribution in [1.82, 2.24) is 0 Å². The zero-order chi connectivity index (χ0) is 24.6. The summed E-state index contributed by atoms with van der Waals surface area (Å²) < 4.78 is 89.4. The van der Waals surface area contributed by atoms with Crippen LogP contribution in [0.1, 0.15) is 10.4 Å². The number of rotatable bonds is 7. The van der Waals surface area contributed by atoms with Gasteiger partial charge in [-0.25, -0.2) is 8.42 Å². The zero-order valence-corrected chi connectivity index (χ0v) is 19.7. The third kappa shape index (κ3) is 5.69. The van der Waals surface area contributed by atoms with Gasteiger partial charge in [-0.1, -0.05) is 12.1 Å². The molecule has 0 heterocycles. The highest BCUT2D eigenvalue weighted by Gasteiger charge is 2.20. The van der Waals surface area contributed by atoms with Gasteiger partial charge in [-0.2, -0.15) is 16.8 Å². The van der Waals surface area contributed by atoms with Crippen LogP contribution in [0.5, 0.6) is 0 Å². The Morgan fingerprint density at radius 2 is 1.45 bits per heavy atom. The smallest absolute Gasteiger partial charge is 0.294 e. The highest BCUT2D eigenvalue weighted by molar-refractivity contribution is 7.91. The summed E-state index contributed by atoms with van der Waals surface area (Å²) in [6.07, 6.45) is 0. The van der Waals surface area contributed by atoms with E-state index in [2.05, 4.69) is 5.32 Å². The number of carbonyl (C=O) groups is 1. The number of nitrogens with one attached hydrogen (secondary N) is 1. The van der Waals surface area contributed by atoms with Crippen LogP contribution in [0.15, 0.2) is 69.3 Å². The predicted molar refractivity (Wildman–Crippen MR) is 121 cm³/mol. The van der Waals surface area contributed by atoms with Gasteiger partial charge in [0, 0.05) is 16.8 Å². The van der Waals surface area contributed by atoms with E-state index in [0.29, 0.717) is 0 Å². The largest absolute Gasteiger partial charge is 0.321 e. The number of anilines is 1. The van der Waals surface area contributed by atoms with Crippen molar-refractivity contribution in [2.24, 2.45) is 0 Å². The number of alkyl halides is 1. The minimum absolute atomic E-state index is 0.0195. The van der Waals surface area contributed by atoms with E-state index in [1.807, 2.05) is 0 Å². The molecule has 0 bridgehead atoms. The van der Waals surface area contributed by atoms with Crippen molar-refractivity contribution in [3.63, 3.8) is 0 Å². The third-order valence-electron chi connectivity index (χ3n) is 4.54. The lowest BCUT2D eigenvalue weighted by Gasteiger charge is -2.12. The number of hydrogen-bond acceptors (Lipinski definition) is 7. The SMILES string of the molecule is O=C(Nc1cc(S(=O)(=O)O)cc2cc(S(=O)(=O)O)ccc12)c1cccc(S(=O)(=O)CCCl)c1. The van der Waals surface area contributed by atoms with Crippen LogP contribution in [0, 0.1) is 0 Å². The minimum Gasteiger partial charge on any atom is -0.321 e. The summed E-state index contributed by atoms with van der Waals surface area (Å²) in [4.78, 5) is 11.5. The van der Waals surface area contributed by atoms with Gasteiger partial charge in [-0.15, -0.1) is 11.6 Å². The van der Waals surface area contributed by atoms with Crippen molar-refractivity contribution in [3.8, 4) is 0 Å². The molecule has 3 N–H and O–H groups in total. The molecule has 0 unspecified atom stereocenters. The van der Waals surface area contributed by atoms with Crippen LogP contribution < -0.4 is 5.32 Å². The highest BCUT2D eigenvalue weighted by Crippen LogP contribution is 2.30. The van der Waals surface area contributed by atoms with E-state index in [4.69, 9.17) is 11.6 Å². The second-order valence-corrected chi connectivity index (χ2v) is 12.1. The average molecular weight is 534 g/mol. The van der Waals surface area contributed by atoms with Crippen LogP contribution in [-0.2, 0) is 30.1 Å². The molecule has 14 heteroatoms. The molecule has 10 nitrogen and oxygen atoms in total. The summed E-state index contributed by atoms with van der Waals surface area (Å²) in [6.45, 7) is 0. The van der Waals surface area contributed by atoms with E-state index in [1.165, 1.54) is 24.3 Å². The van der Waals surface area contributed by atoms with Gasteiger partial charge < -0.3 is 5.32 Å². The minimum atomic E-state index is -4.75. The molecule has 176 valence electrons. The average Bonchev–Trinajstić information content (AvgIpc) is 2.72. The summed E-state index contributed by atoms with van der Waals surface area (Å²) in [5.74, 6) is -1.28. The van der Waals surface area contributed by atoms with Crippen LogP contribution in [0.4, 0.5) is 5.69 Å². The number of sulfone groups is 1. The van der Waals surface area contributed by atoms with E-state index >= 15 is 0 Å². The number of carbonyl (C=O) groups excluding carboxylic acids is 1. The molecule has 0 atom stereocenters. The monoisotopic (exact) mass is 533 g/mol. The first-order valence-corrected chi connectivity index (χ1v) is 14.0. The molecule has 1 amide bonds. The fourth-order valence-electron chi connectivity index (χ4n) is 2.98. The molecule has 0 radical (unpaired) electrons.